The summed E-state index contributed by atoms with van der Waals surface area (Å²) in [7, 11) is 0. The molecule has 0 bridgehead atoms. The number of aromatic nitrogens is 2. The number of halogens is 1. The van der Waals surface area contributed by atoms with Crippen LogP contribution in [0.4, 0.5) is 0 Å². The Labute approximate surface area is 93.2 Å². The summed E-state index contributed by atoms with van der Waals surface area (Å²) in [5.41, 5.74) is 1.93. The Morgan fingerprint density at radius 3 is 2.33 bits per heavy atom. The Bertz CT molecular complexity index is 449. The summed E-state index contributed by atoms with van der Waals surface area (Å²) in [6.07, 6.45) is 3.89. The van der Waals surface area contributed by atoms with Crippen molar-refractivity contribution >= 4 is 23.8 Å². The normalized spacial score (nSPS) is 10.7. The van der Waals surface area contributed by atoms with Crippen molar-refractivity contribution < 1.29 is 0 Å². The van der Waals surface area contributed by atoms with E-state index in [0.29, 0.717) is 5.15 Å². The molecule has 0 spiro atoms. The smallest absolute Gasteiger partial charge is 0.150 e. The molecule has 0 radical (unpaired) electrons. The van der Waals surface area contributed by atoms with Crippen molar-refractivity contribution in [3.8, 4) is 0 Å². The quantitative estimate of drug-likeness (QED) is 0.770. The average Bonchev–Trinajstić information content (AvgIpc) is 2.30. The number of hydrogen-bond donors (Lipinski definition) is 0. The fraction of sp³-hybridized carbons (Fsp3) is 0. The maximum Gasteiger partial charge on any atom is 0.151 e. The van der Waals surface area contributed by atoms with Gasteiger partial charge in [-0.3, -0.25) is 0 Å². The number of hydrogen-bond acceptors (Lipinski definition) is 2. The number of nitrogens with zero attached hydrogens (tertiary/aromatic N) is 2. The molecule has 2 rings (SSSR count). The summed E-state index contributed by atoms with van der Waals surface area (Å²) in [4.78, 5) is 0. The SMILES string of the molecule is Clc1ccc(/C=C/c2ccccc2)nn1. The Hall–Kier alpha value is -1.67. The second-order valence-electron chi connectivity index (χ2n) is 3.02. The van der Waals surface area contributed by atoms with Crippen LogP contribution in [-0.4, -0.2) is 10.2 Å². The van der Waals surface area contributed by atoms with Gasteiger partial charge in [-0.2, -0.15) is 0 Å². The van der Waals surface area contributed by atoms with Gasteiger partial charge in [0.2, 0.25) is 0 Å². The highest BCUT2D eigenvalue weighted by atomic mass is 35.5. The molecule has 0 aliphatic rings. The zero-order chi connectivity index (χ0) is 10.5. The molecule has 0 N–H and O–H groups in total. The van der Waals surface area contributed by atoms with E-state index in [9.17, 15) is 0 Å². The molecule has 1 aromatic heterocycles. The van der Waals surface area contributed by atoms with Crippen LogP contribution in [0.25, 0.3) is 12.2 Å². The van der Waals surface area contributed by atoms with E-state index < -0.39 is 0 Å². The summed E-state index contributed by atoms with van der Waals surface area (Å²) < 4.78 is 0. The summed E-state index contributed by atoms with van der Waals surface area (Å²) in [5.74, 6) is 0. The first kappa shape index (κ1) is 9.87. The molecule has 1 heterocycles. The van der Waals surface area contributed by atoms with Crippen LogP contribution >= 0.6 is 11.6 Å². The molecule has 0 aliphatic heterocycles. The Balaban J connectivity index is 2.15. The van der Waals surface area contributed by atoms with Crippen LogP contribution in [0, 0.1) is 0 Å². The van der Waals surface area contributed by atoms with E-state index in [1.54, 1.807) is 6.07 Å². The maximum absolute atomic E-state index is 5.63. The van der Waals surface area contributed by atoms with Crippen molar-refractivity contribution in [2.75, 3.05) is 0 Å². The third-order valence-corrected chi connectivity index (χ3v) is 2.10. The fourth-order valence-corrected chi connectivity index (χ4v) is 1.26. The standard InChI is InChI=1S/C12H9ClN2/c13-12-9-8-11(14-15-12)7-6-10-4-2-1-3-5-10/h1-9H/b7-6+. The van der Waals surface area contributed by atoms with E-state index in [2.05, 4.69) is 10.2 Å². The van der Waals surface area contributed by atoms with Gasteiger partial charge in [-0.25, -0.2) is 0 Å². The van der Waals surface area contributed by atoms with Gasteiger partial charge < -0.3 is 0 Å². The van der Waals surface area contributed by atoms with Gasteiger partial charge in [-0.05, 0) is 23.8 Å². The Morgan fingerprint density at radius 2 is 1.67 bits per heavy atom. The van der Waals surface area contributed by atoms with Crippen LogP contribution in [0.2, 0.25) is 5.15 Å². The zero-order valence-corrected chi connectivity index (χ0v) is 8.72. The van der Waals surface area contributed by atoms with E-state index in [1.807, 2.05) is 48.6 Å². The monoisotopic (exact) mass is 216 g/mol. The van der Waals surface area contributed by atoms with Gasteiger partial charge in [-0.1, -0.05) is 48.0 Å². The molecular weight excluding hydrogens is 208 g/mol. The van der Waals surface area contributed by atoms with Gasteiger partial charge in [0.15, 0.2) is 5.15 Å². The molecule has 2 nitrogen and oxygen atoms in total. The highest BCUT2D eigenvalue weighted by Gasteiger charge is 1.90. The zero-order valence-electron chi connectivity index (χ0n) is 7.97. The molecule has 0 aliphatic carbocycles. The first-order valence-electron chi connectivity index (χ1n) is 4.57. The molecule has 0 atom stereocenters. The van der Waals surface area contributed by atoms with Crippen molar-refractivity contribution in [3.05, 3.63) is 58.9 Å². The van der Waals surface area contributed by atoms with Crippen molar-refractivity contribution in [1.82, 2.24) is 10.2 Å². The molecule has 0 amide bonds. The fourth-order valence-electron chi connectivity index (χ4n) is 1.16. The van der Waals surface area contributed by atoms with Crippen molar-refractivity contribution in [1.29, 1.82) is 0 Å². The van der Waals surface area contributed by atoms with Gasteiger partial charge in [-0.15, -0.1) is 10.2 Å². The van der Waals surface area contributed by atoms with Crippen molar-refractivity contribution in [3.63, 3.8) is 0 Å². The molecule has 3 heteroatoms. The minimum absolute atomic E-state index is 0.409. The minimum Gasteiger partial charge on any atom is -0.150 e. The largest absolute Gasteiger partial charge is 0.151 e. The Morgan fingerprint density at radius 1 is 0.867 bits per heavy atom. The van der Waals surface area contributed by atoms with Crippen LogP contribution < -0.4 is 0 Å². The lowest BCUT2D eigenvalue weighted by molar-refractivity contribution is 1.02. The second-order valence-corrected chi connectivity index (χ2v) is 3.41. The molecule has 15 heavy (non-hydrogen) atoms. The molecular formula is C12H9ClN2. The lowest BCUT2D eigenvalue weighted by Gasteiger charge is -1.92. The molecule has 0 saturated carbocycles. The second kappa shape index (κ2) is 4.71. The van der Waals surface area contributed by atoms with Gasteiger partial charge in [0, 0.05) is 0 Å². The van der Waals surface area contributed by atoms with E-state index >= 15 is 0 Å². The van der Waals surface area contributed by atoms with Crippen LogP contribution in [0.5, 0.6) is 0 Å². The topological polar surface area (TPSA) is 25.8 Å². The summed E-state index contributed by atoms with van der Waals surface area (Å²) in [6.45, 7) is 0. The summed E-state index contributed by atoms with van der Waals surface area (Å²) in [5, 5.41) is 8.09. The molecule has 74 valence electrons. The highest BCUT2D eigenvalue weighted by Crippen LogP contribution is 2.07. The number of benzene rings is 1. The average molecular weight is 217 g/mol. The minimum atomic E-state index is 0.409. The molecule has 0 unspecified atom stereocenters. The molecule has 0 saturated heterocycles. The third-order valence-electron chi connectivity index (χ3n) is 1.90. The van der Waals surface area contributed by atoms with Gasteiger partial charge in [0.1, 0.15) is 0 Å². The maximum atomic E-state index is 5.63. The van der Waals surface area contributed by atoms with E-state index in [1.165, 1.54) is 0 Å². The first-order chi connectivity index (χ1) is 7.34. The van der Waals surface area contributed by atoms with Crippen LogP contribution in [-0.2, 0) is 0 Å². The van der Waals surface area contributed by atoms with Gasteiger partial charge in [0.25, 0.3) is 0 Å². The van der Waals surface area contributed by atoms with Crippen LogP contribution in [0.3, 0.4) is 0 Å². The summed E-state index contributed by atoms with van der Waals surface area (Å²) in [6, 6.07) is 13.6. The van der Waals surface area contributed by atoms with Crippen LogP contribution in [0.1, 0.15) is 11.3 Å². The van der Waals surface area contributed by atoms with Crippen LogP contribution in [0.15, 0.2) is 42.5 Å². The van der Waals surface area contributed by atoms with Crippen molar-refractivity contribution in [2.45, 2.75) is 0 Å². The van der Waals surface area contributed by atoms with Gasteiger partial charge >= 0.3 is 0 Å². The lowest BCUT2D eigenvalue weighted by Crippen LogP contribution is -1.84. The Kier molecular flexibility index (Phi) is 3.10. The highest BCUT2D eigenvalue weighted by molar-refractivity contribution is 6.29. The number of rotatable bonds is 2. The van der Waals surface area contributed by atoms with E-state index in [-0.39, 0.29) is 0 Å². The van der Waals surface area contributed by atoms with E-state index in [4.69, 9.17) is 11.6 Å². The van der Waals surface area contributed by atoms with Crippen molar-refractivity contribution in [2.24, 2.45) is 0 Å². The lowest BCUT2D eigenvalue weighted by atomic mass is 10.2. The predicted octanol–water partition coefficient (Wildman–Crippen LogP) is 3.30. The summed E-state index contributed by atoms with van der Waals surface area (Å²) >= 11 is 5.63. The van der Waals surface area contributed by atoms with E-state index in [0.717, 1.165) is 11.3 Å². The predicted molar refractivity (Wildman–Crippen MR) is 62.4 cm³/mol. The molecule has 0 fully saturated rings. The third kappa shape index (κ3) is 2.89. The molecule has 2 aromatic rings. The van der Waals surface area contributed by atoms with Gasteiger partial charge in [0.05, 0.1) is 5.69 Å². The molecule has 1 aromatic carbocycles. The first-order valence-corrected chi connectivity index (χ1v) is 4.95.